The van der Waals surface area contributed by atoms with Gasteiger partial charge in [-0.25, -0.2) is 0 Å². The van der Waals surface area contributed by atoms with Crippen LogP contribution in [0.15, 0.2) is 30.3 Å². The second-order valence-corrected chi connectivity index (χ2v) is 4.44. The summed E-state index contributed by atoms with van der Waals surface area (Å²) in [5.41, 5.74) is 0.192. The van der Waals surface area contributed by atoms with Gasteiger partial charge >= 0.3 is 0 Å². The van der Waals surface area contributed by atoms with Crippen LogP contribution in [0.5, 0.6) is 0 Å². The first-order valence-electron chi connectivity index (χ1n) is 5.75. The van der Waals surface area contributed by atoms with Crippen LogP contribution in [-0.2, 0) is 4.79 Å². The maximum atomic E-state index is 11.6. The number of aliphatic hydroxyl groups is 2. The van der Waals surface area contributed by atoms with Crippen LogP contribution in [0.4, 0.5) is 0 Å². The van der Waals surface area contributed by atoms with Gasteiger partial charge < -0.3 is 15.5 Å². The summed E-state index contributed by atoms with van der Waals surface area (Å²) in [4.78, 5) is 11.6. The topological polar surface area (TPSA) is 93.3 Å². The van der Waals surface area contributed by atoms with Gasteiger partial charge in [0.05, 0.1) is 30.4 Å². The largest absolute Gasteiger partial charge is 0.394 e. The first kappa shape index (κ1) is 14.9. The van der Waals surface area contributed by atoms with Gasteiger partial charge in [0.1, 0.15) is 0 Å². The van der Waals surface area contributed by atoms with E-state index in [1.807, 2.05) is 6.07 Å². The zero-order valence-electron chi connectivity index (χ0n) is 10.6. The summed E-state index contributed by atoms with van der Waals surface area (Å²) in [5, 5.41) is 29.4. The molecule has 0 radical (unpaired) electrons. The molecule has 0 bridgehead atoms. The molecule has 0 fully saturated rings. The minimum Gasteiger partial charge on any atom is -0.394 e. The zero-order valence-corrected chi connectivity index (χ0v) is 10.6. The van der Waals surface area contributed by atoms with E-state index in [0.29, 0.717) is 5.56 Å². The molecule has 0 atom stereocenters. The van der Waals surface area contributed by atoms with Crippen LogP contribution in [0.1, 0.15) is 18.1 Å². The number of amides is 1. The Hall–Kier alpha value is -2.16. The Labute approximate surface area is 111 Å². The fourth-order valence-corrected chi connectivity index (χ4v) is 1.35. The standard InChI is InChI=1S/C14H16N2O3/c1-14(9-17,10-18)16-13(19)6-5-11-3-2-4-12(7-11)8-15/h2-7,17-18H,9-10H2,1H3,(H,16,19)/b6-5+. The number of benzene rings is 1. The molecule has 3 N–H and O–H groups in total. The minimum atomic E-state index is -1.05. The number of nitriles is 1. The van der Waals surface area contributed by atoms with Crippen molar-refractivity contribution in [3.8, 4) is 6.07 Å². The summed E-state index contributed by atoms with van der Waals surface area (Å²) < 4.78 is 0. The smallest absolute Gasteiger partial charge is 0.244 e. The van der Waals surface area contributed by atoms with E-state index in [2.05, 4.69) is 5.32 Å². The zero-order chi connectivity index (χ0) is 14.3. The van der Waals surface area contributed by atoms with Crippen molar-refractivity contribution in [2.24, 2.45) is 0 Å². The second kappa shape index (κ2) is 6.69. The molecule has 0 unspecified atom stereocenters. The van der Waals surface area contributed by atoms with Crippen LogP contribution >= 0.6 is 0 Å². The van der Waals surface area contributed by atoms with Crippen LogP contribution in [0.25, 0.3) is 6.08 Å². The molecule has 1 aromatic rings. The first-order valence-corrected chi connectivity index (χ1v) is 5.75. The number of hydrogen-bond acceptors (Lipinski definition) is 4. The molecule has 0 aliphatic heterocycles. The number of nitrogens with zero attached hydrogens (tertiary/aromatic N) is 1. The number of nitrogens with one attached hydrogen (secondary N) is 1. The molecule has 100 valence electrons. The Morgan fingerprint density at radius 1 is 1.47 bits per heavy atom. The van der Waals surface area contributed by atoms with Crippen LogP contribution in [0.2, 0.25) is 0 Å². The molecule has 0 saturated heterocycles. The number of carbonyl (C=O) groups excluding carboxylic acids is 1. The second-order valence-electron chi connectivity index (χ2n) is 4.44. The normalized spacial score (nSPS) is 11.3. The average molecular weight is 260 g/mol. The third-order valence-corrected chi connectivity index (χ3v) is 2.57. The Morgan fingerprint density at radius 2 is 2.16 bits per heavy atom. The highest BCUT2D eigenvalue weighted by Gasteiger charge is 2.23. The van der Waals surface area contributed by atoms with Crippen LogP contribution < -0.4 is 5.32 Å². The van der Waals surface area contributed by atoms with Crippen molar-refractivity contribution in [2.45, 2.75) is 12.5 Å². The molecule has 0 aliphatic rings. The average Bonchev–Trinajstić information content (AvgIpc) is 2.45. The highest BCUT2D eigenvalue weighted by Crippen LogP contribution is 2.06. The van der Waals surface area contributed by atoms with Gasteiger partial charge in [0, 0.05) is 6.08 Å². The molecule has 0 saturated carbocycles. The molecule has 1 aromatic carbocycles. The third-order valence-electron chi connectivity index (χ3n) is 2.57. The Balaban J connectivity index is 2.71. The predicted octanol–water partition coefficient (Wildman–Crippen LogP) is 0.431. The van der Waals surface area contributed by atoms with Gasteiger partial charge in [0.2, 0.25) is 5.91 Å². The SMILES string of the molecule is CC(CO)(CO)NC(=O)/C=C/c1cccc(C#N)c1. The molecule has 5 heteroatoms. The van der Waals surface area contributed by atoms with Crippen molar-refractivity contribution >= 4 is 12.0 Å². The summed E-state index contributed by atoms with van der Waals surface area (Å²) in [7, 11) is 0. The Kier molecular flexibility index (Phi) is 5.24. The molecule has 1 amide bonds. The lowest BCUT2D eigenvalue weighted by Crippen LogP contribution is -2.51. The minimum absolute atomic E-state index is 0.354. The highest BCUT2D eigenvalue weighted by molar-refractivity contribution is 5.92. The van der Waals surface area contributed by atoms with Crippen LogP contribution in [0.3, 0.4) is 0 Å². The maximum absolute atomic E-state index is 11.6. The summed E-state index contributed by atoms with van der Waals surface area (Å²) >= 11 is 0. The van der Waals surface area contributed by atoms with E-state index >= 15 is 0 Å². The van der Waals surface area contributed by atoms with Crippen molar-refractivity contribution in [3.05, 3.63) is 41.5 Å². The van der Waals surface area contributed by atoms with Crippen molar-refractivity contribution in [3.63, 3.8) is 0 Å². The Morgan fingerprint density at radius 3 is 2.74 bits per heavy atom. The van der Waals surface area contributed by atoms with Gasteiger partial charge in [0.15, 0.2) is 0 Å². The molecule has 19 heavy (non-hydrogen) atoms. The highest BCUT2D eigenvalue weighted by atomic mass is 16.3. The van der Waals surface area contributed by atoms with Crippen molar-refractivity contribution in [1.29, 1.82) is 5.26 Å². The van der Waals surface area contributed by atoms with E-state index in [-0.39, 0.29) is 13.2 Å². The van der Waals surface area contributed by atoms with Gasteiger partial charge in [-0.3, -0.25) is 4.79 Å². The van der Waals surface area contributed by atoms with Crippen molar-refractivity contribution in [2.75, 3.05) is 13.2 Å². The first-order chi connectivity index (χ1) is 9.03. The van der Waals surface area contributed by atoms with Gasteiger partial charge in [-0.15, -0.1) is 0 Å². The molecule has 5 nitrogen and oxygen atoms in total. The Bertz CT molecular complexity index is 514. The summed E-state index contributed by atoms with van der Waals surface area (Å²) in [6.45, 7) is 0.828. The van der Waals surface area contributed by atoms with E-state index in [1.54, 1.807) is 30.3 Å². The third kappa shape index (κ3) is 4.54. The maximum Gasteiger partial charge on any atom is 0.244 e. The molecule has 0 spiro atoms. The predicted molar refractivity (Wildman–Crippen MR) is 70.9 cm³/mol. The fraction of sp³-hybridized carbons (Fsp3) is 0.286. The lowest BCUT2D eigenvalue weighted by atomic mass is 10.1. The van der Waals surface area contributed by atoms with Crippen molar-refractivity contribution < 1.29 is 15.0 Å². The van der Waals surface area contributed by atoms with Crippen LogP contribution in [-0.4, -0.2) is 34.9 Å². The van der Waals surface area contributed by atoms with Gasteiger partial charge in [0.25, 0.3) is 0 Å². The summed E-state index contributed by atoms with van der Waals surface area (Å²) in [5.74, 6) is -0.423. The van der Waals surface area contributed by atoms with E-state index in [4.69, 9.17) is 15.5 Å². The molecule has 0 heterocycles. The summed E-state index contributed by atoms with van der Waals surface area (Å²) in [6.07, 6.45) is 2.85. The lowest BCUT2D eigenvalue weighted by molar-refractivity contribution is -0.119. The van der Waals surface area contributed by atoms with Crippen molar-refractivity contribution in [1.82, 2.24) is 5.32 Å². The lowest BCUT2D eigenvalue weighted by Gasteiger charge is -2.25. The van der Waals surface area contributed by atoms with E-state index in [9.17, 15) is 4.79 Å². The number of rotatable bonds is 5. The molecular formula is C14H16N2O3. The fourth-order valence-electron chi connectivity index (χ4n) is 1.35. The van der Waals surface area contributed by atoms with Gasteiger partial charge in [-0.2, -0.15) is 5.26 Å². The molecule has 0 aliphatic carbocycles. The van der Waals surface area contributed by atoms with E-state index in [0.717, 1.165) is 5.56 Å². The van der Waals surface area contributed by atoms with Crippen LogP contribution in [0, 0.1) is 11.3 Å². The number of aliphatic hydroxyl groups excluding tert-OH is 2. The molecule has 1 rings (SSSR count). The van der Waals surface area contributed by atoms with E-state index in [1.165, 1.54) is 13.0 Å². The quantitative estimate of drug-likeness (QED) is 0.669. The number of carbonyl (C=O) groups is 1. The molecule has 0 aromatic heterocycles. The van der Waals surface area contributed by atoms with E-state index < -0.39 is 11.4 Å². The van der Waals surface area contributed by atoms with Gasteiger partial charge in [-0.05, 0) is 30.7 Å². The molecular weight excluding hydrogens is 244 g/mol. The van der Waals surface area contributed by atoms with Gasteiger partial charge in [-0.1, -0.05) is 12.1 Å². The summed E-state index contributed by atoms with van der Waals surface area (Å²) in [6, 6.07) is 8.83. The monoisotopic (exact) mass is 260 g/mol. The number of hydrogen-bond donors (Lipinski definition) is 3.